The minimum absolute atomic E-state index is 0.254. The molecule has 0 atom stereocenters. The largest absolute Gasteiger partial charge is 0.396 e. The Balaban J connectivity index is 2.51. The standard InChI is InChI=1S/C12H25NO/c1-12(2,3)13(9-6-10-14)11-7-4-5-8-11/h11,14H,4-10H2,1-3H3. The first-order valence-electron chi connectivity index (χ1n) is 5.93. The van der Waals surface area contributed by atoms with Gasteiger partial charge >= 0.3 is 0 Å². The molecule has 0 aromatic rings. The molecule has 0 bridgehead atoms. The summed E-state index contributed by atoms with van der Waals surface area (Å²) in [5, 5.41) is 8.90. The Labute approximate surface area is 88.3 Å². The highest BCUT2D eigenvalue weighted by Crippen LogP contribution is 2.28. The van der Waals surface area contributed by atoms with Crippen LogP contribution < -0.4 is 0 Å². The van der Waals surface area contributed by atoms with Gasteiger partial charge in [-0.25, -0.2) is 0 Å². The molecule has 1 fully saturated rings. The van der Waals surface area contributed by atoms with Crippen molar-refractivity contribution in [2.45, 2.75) is 64.5 Å². The molecule has 84 valence electrons. The van der Waals surface area contributed by atoms with Crippen LogP contribution in [0.5, 0.6) is 0 Å². The molecule has 0 amide bonds. The summed E-state index contributed by atoms with van der Waals surface area (Å²) in [5.41, 5.74) is 0.254. The lowest BCUT2D eigenvalue weighted by atomic mass is 10.0. The summed E-state index contributed by atoms with van der Waals surface area (Å²) >= 11 is 0. The third kappa shape index (κ3) is 3.25. The summed E-state index contributed by atoms with van der Waals surface area (Å²) in [7, 11) is 0. The van der Waals surface area contributed by atoms with Crippen molar-refractivity contribution in [2.75, 3.05) is 13.2 Å². The molecule has 0 radical (unpaired) electrons. The van der Waals surface area contributed by atoms with Gasteiger partial charge in [-0.3, -0.25) is 4.90 Å². The van der Waals surface area contributed by atoms with Gasteiger partial charge in [0.15, 0.2) is 0 Å². The van der Waals surface area contributed by atoms with Gasteiger partial charge in [0.05, 0.1) is 0 Å². The third-order valence-corrected chi connectivity index (χ3v) is 3.18. The second-order valence-electron chi connectivity index (χ2n) is 5.38. The van der Waals surface area contributed by atoms with Gasteiger partial charge in [-0.1, -0.05) is 12.8 Å². The van der Waals surface area contributed by atoms with Crippen LogP contribution in [0.25, 0.3) is 0 Å². The van der Waals surface area contributed by atoms with E-state index in [0.717, 1.165) is 19.0 Å². The van der Waals surface area contributed by atoms with E-state index in [1.54, 1.807) is 0 Å². The van der Waals surface area contributed by atoms with E-state index in [4.69, 9.17) is 5.11 Å². The summed E-state index contributed by atoms with van der Waals surface area (Å²) in [6.45, 7) is 8.21. The van der Waals surface area contributed by atoms with Gasteiger partial charge in [-0.05, 0) is 40.0 Å². The van der Waals surface area contributed by atoms with Crippen LogP contribution in [-0.2, 0) is 0 Å². The van der Waals surface area contributed by atoms with Gasteiger partial charge in [0.25, 0.3) is 0 Å². The van der Waals surface area contributed by atoms with Crippen molar-refractivity contribution in [2.24, 2.45) is 0 Å². The number of rotatable bonds is 4. The highest BCUT2D eigenvalue weighted by atomic mass is 16.3. The van der Waals surface area contributed by atoms with Crippen molar-refractivity contribution < 1.29 is 5.11 Å². The maximum Gasteiger partial charge on any atom is 0.0443 e. The zero-order valence-electron chi connectivity index (χ0n) is 9.92. The second-order valence-corrected chi connectivity index (χ2v) is 5.38. The van der Waals surface area contributed by atoms with Crippen LogP contribution in [0.1, 0.15) is 52.9 Å². The van der Waals surface area contributed by atoms with Gasteiger partial charge in [0.1, 0.15) is 0 Å². The van der Waals surface area contributed by atoms with E-state index in [9.17, 15) is 0 Å². The number of aliphatic hydroxyl groups excluding tert-OH is 1. The average Bonchev–Trinajstić information content (AvgIpc) is 2.55. The van der Waals surface area contributed by atoms with Crippen molar-refractivity contribution in [1.29, 1.82) is 0 Å². The molecule has 0 aliphatic heterocycles. The van der Waals surface area contributed by atoms with Crippen LogP contribution in [-0.4, -0.2) is 34.7 Å². The number of nitrogens with zero attached hydrogens (tertiary/aromatic N) is 1. The minimum Gasteiger partial charge on any atom is -0.396 e. The smallest absolute Gasteiger partial charge is 0.0443 e. The Morgan fingerprint density at radius 2 is 1.79 bits per heavy atom. The lowest BCUT2D eigenvalue weighted by Crippen LogP contribution is -2.47. The molecule has 1 aliphatic rings. The van der Waals surface area contributed by atoms with Gasteiger partial charge in [-0.2, -0.15) is 0 Å². The zero-order chi connectivity index (χ0) is 10.6. The second kappa shape index (κ2) is 5.13. The molecule has 1 rings (SSSR count). The number of hydrogen-bond acceptors (Lipinski definition) is 2. The quantitative estimate of drug-likeness (QED) is 0.751. The van der Waals surface area contributed by atoms with Crippen molar-refractivity contribution in [3.05, 3.63) is 0 Å². The predicted octanol–water partition coefficient (Wildman–Crippen LogP) is 2.41. The summed E-state index contributed by atoms with van der Waals surface area (Å²) in [6, 6.07) is 0.765. The monoisotopic (exact) mass is 199 g/mol. The molecule has 0 aromatic heterocycles. The maximum absolute atomic E-state index is 8.90. The molecule has 1 N–H and O–H groups in total. The lowest BCUT2D eigenvalue weighted by Gasteiger charge is -2.40. The zero-order valence-corrected chi connectivity index (χ0v) is 9.92. The molecule has 0 heterocycles. The highest BCUT2D eigenvalue weighted by molar-refractivity contribution is 4.85. The van der Waals surface area contributed by atoms with Crippen LogP contribution in [0.3, 0.4) is 0 Å². The molecule has 0 saturated heterocycles. The van der Waals surface area contributed by atoms with Crippen LogP contribution in [0.2, 0.25) is 0 Å². The molecule has 1 saturated carbocycles. The highest BCUT2D eigenvalue weighted by Gasteiger charge is 2.29. The van der Waals surface area contributed by atoms with E-state index in [1.807, 2.05) is 0 Å². The van der Waals surface area contributed by atoms with E-state index >= 15 is 0 Å². The fraction of sp³-hybridized carbons (Fsp3) is 1.00. The molecule has 0 aromatic carbocycles. The Bertz CT molecular complexity index is 156. The van der Waals surface area contributed by atoms with Crippen molar-refractivity contribution in [3.8, 4) is 0 Å². The fourth-order valence-electron chi connectivity index (χ4n) is 2.52. The first-order chi connectivity index (χ1) is 6.55. The summed E-state index contributed by atoms with van der Waals surface area (Å²) in [6.07, 6.45) is 6.38. The van der Waals surface area contributed by atoms with Crippen LogP contribution in [0.15, 0.2) is 0 Å². The van der Waals surface area contributed by atoms with Gasteiger partial charge in [-0.15, -0.1) is 0 Å². The van der Waals surface area contributed by atoms with E-state index in [-0.39, 0.29) is 5.54 Å². The Morgan fingerprint density at radius 3 is 2.21 bits per heavy atom. The molecule has 0 spiro atoms. The van der Waals surface area contributed by atoms with E-state index in [2.05, 4.69) is 25.7 Å². The first kappa shape index (κ1) is 12.0. The minimum atomic E-state index is 0.254. The summed E-state index contributed by atoms with van der Waals surface area (Å²) in [5.74, 6) is 0. The predicted molar refractivity (Wildman–Crippen MR) is 60.4 cm³/mol. The van der Waals surface area contributed by atoms with Crippen LogP contribution in [0, 0.1) is 0 Å². The first-order valence-corrected chi connectivity index (χ1v) is 5.93. The Hall–Kier alpha value is -0.0800. The molecular weight excluding hydrogens is 174 g/mol. The van der Waals surface area contributed by atoms with E-state index < -0.39 is 0 Å². The molecule has 1 aliphatic carbocycles. The van der Waals surface area contributed by atoms with E-state index in [0.29, 0.717) is 6.61 Å². The van der Waals surface area contributed by atoms with Crippen LogP contribution >= 0.6 is 0 Å². The van der Waals surface area contributed by atoms with Crippen molar-refractivity contribution in [1.82, 2.24) is 4.90 Å². The molecule has 14 heavy (non-hydrogen) atoms. The fourth-order valence-corrected chi connectivity index (χ4v) is 2.52. The van der Waals surface area contributed by atoms with Gasteiger partial charge < -0.3 is 5.11 Å². The molecule has 0 unspecified atom stereocenters. The van der Waals surface area contributed by atoms with Crippen molar-refractivity contribution in [3.63, 3.8) is 0 Å². The van der Waals surface area contributed by atoms with Crippen LogP contribution in [0.4, 0.5) is 0 Å². The molecular formula is C12H25NO. The number of aliphatic hydroxyl groups is 1. The topological polar surface area (TPSA) is 23.5 Å². The van der Waals surface area contributed by atoms with Gasteiger partial charge in [0.2, 0.25) is 0 Å². The molecule has 2 nitrogen and oxygen atoms in total. The Kier molecular flexibility index (Phi) is 4.39. The number of hydrogen-bond donors (Lipinski definition) is 1. The lowest BCUT2D eigenvalue weighted by molar-refractivity contribution is 0.0760. The normalized spacial score (nSPS) is 19.5. The summed E-state index contributed by atoms with van der Waals surface area (Å²) < 4.78 is 0. The van der Waals surface area contributed by atoms with Gasteiger partial charge in [0, 0.05) is 24.7 Å². The molecule has 2 heteroatoms. The SMILES string of the molecule is CC(C)(C)N(CCCO)C1CCCC1. The van der Waals surface area contributed by atoms with E-state index in [1.165, 1.54) is 25.7 Å². The Morgan fingerprint density at radius 1 is 1.21 bits per heavy atom. The maximum atomic E-state index is 8.90. The summed E-state index contributed by atoms with van der Waals surface area (Å²) in [4.78, 5) is 2.58. The third-order valence-electron chi connectivity index (χ3n) is 3.18. The average molecular weight is 199 g/mol. The van der Waals surface area contributed by atoms with Crippen molar-refractivity contribution >= 4 is 0 Å².